The van der Waals surface area contributed by atoms with Gasteiger partial charge in [0.05, 0.1) is 5.02 Å². The Bertz CT molecular complexity index is 985. The molecular weight excluding hydrogens is 522 g/mol. The van der Waals surface area contributed by atoms with Crippen molar-refractivity contribution in [2.75, 3.05) is 10.2 Å². The van der Waals surface area contributed by atoms with Crippen LogP contribution < -0.4 is 5.32 Å². The first-order valence-corrected chi connectivity index (χ1v) is 12.3. The number of alkyl halides is 1. The first kappa shape index (κ1) is 22.2. The SMILES string of the molecule is CI.Cc1nc(-c2ccc(Cl)cc2Cl)nc(Nc2n[nH]c(C3CCCC3)n2)c1C. The Hall–Kier alpha value is -1.45. The quantitative estimate of drug-likeness (QED) is 0.284. The van der Waals surface area contributed by atoms with Gasteiger partial charge in [-0.15, -0.1) is 5.10 Å². The number of benzene rings is 1. The number of anilines is 2. The summed E-state index contributed by atoms with van der Waals surface area (Å²) in [6.07, 6.45) is 4.84. The minimum absolute atomic E-state index is 0.477. The van der Waals surface area contributed by atoms with Crippen molar-refractivity contribution in [2.45, 2.75) is 45.4 Å². The molecule has 0 radical (unpaired) electrons. The van der Waals surface area contributed by atoms with E-state index in [1.165, 1.54) is 25.7 Å². The number of nitrogens with zero attached hydrogens (tertiary/aromatic N) is 4. The van der Waals surface area contributed by atoms with E-state index in [1.807, 2.05) is 24.8 Å². The maximum atomic E-state index is 6.33. The Labute approximate surface area is 194 Å². The molecule has 9 heteroatoms. The Morgan fingerprint density at radius 1 is 1.07 bits per heavy atom. The molecule has 1 saturated carbocycles. The van der Waals surface area contributed by atoms with Crippen molar-refractivity contribution in [1.29, 1.82) is 0 Å². The zero-order chi connectivity index (χ0) is 21.0. The molecule has 0 unspecified atom stereocenters. The molecule has 0 atom stereocenters. The van der Waals surface area contributed by atoms with E-state index in [9.17, 15) is 0 Å². The van der Waals surface area contributed by atoms with Gasteiger partial charge in [0.25, 0.3) is 0 Å². The number of aryl methyl sites for hydroxylation is 1. The Balaban J connectivity index is 0.00000117. The first-order valence-electron chi connectivity index (χ1n) is 9.39. The fourth-order valence-electron chi connectivity index (χ4n) is 3.36. The number of nitrogens with one attached hydrogen (secondary N) is 2. The Kier molecular flexibility index (Phi) is 7.70. The molecule has 0 amide bonds. The monoisotopic (exact) mass is 544 g/mol. The van der Waals surface area contributed by atoms with Crippen molar-refractivity contribution in [1.82, 2.24) is 25.1 Å². The minimum atomic E-state index is 0.477. The molecule has 2 aromatic heterocycles. The fourth-order valence-corrected chi connectivity index (χ4v) is 3.85. The van der Waals surface area contributed by atoms with Crippen LogP contribution in [0.4, 0.5) is 11.8 Å². The fraction of sp³-hybridized carbons (Fsp3) is 0.400. The maximum absolute atomic E-state index is 6.33. The summed E-state index contributed by atoms with van der Waals surface area (Å²) in [4.78, 5) is 15.8. The number of hydrogen-bond donors (Lipinski definition) is 2. The van der Waals surface area contributed by atoms with Gasteiger partial charge >= 0.3 is 0 Å². The van der Waals surface area contributed by atoms with Crippen LogP contribution in [0.3, 0.4) is 0 Å². The summed E-state index contributed by atoms with van der Waals surface area (Å²) in [6.45, 7) is 3.91. The van der Waals surface area contributed by atoms with Gasteiger partial charge in [0.2, 0.25) is 5.95 Å². The number of halogens is 3. The van der Waals surface area contributed by atoms with Crippen molar-refractivity contribution < 1.29 is 0 Å². The van der Waals surface area contributed by atoms with Crippen LogP contribution in [-0.2, 0) is 0 Å². The summed E-state index contributed by atoms with van der Waals surface area (Å²) >= 11 is 14.5. The Morgan fingerprint density at radius 2 is 1.79 bits per heavy atom. The highest BCUT2D eigenvalue weighted by molar-refractivity contribution is 14.1. The van der Waals surface area contributed by atoms with Gasteiger partial charge in [0, 0.05) is 27.8 Å². The summed E-state index contributed by atoms with van der Waals surface area (Å²) in [7, 11) is 0. The van der Waals surface area contributed by atoms with Crippen LogP contribution in [0.2, 0.25) is 10.0 Å². The second kappa shape index (κ2) is 10.0. The molecule has 0 saturated heterocycles. The van der Waals surface area contributed by atoms with E-state index in [0.29, 0.717) is 33.6 Å². The topological polar surface area (TPSA) is 79.4 Å². The van der Waals surface area contributed by atoms with Gasteiger partial charge < -0.3 is 5.32 Å². The smallest absolute Gasteiger partial charge is 0.247 e. The zero-order valence-corrected chi connectivity index (χ0v) is 20.2. The third kappa shape index (κ3) is 5.19. The van der Waals surface area contributed by atoms with Crippen LogP contribution in [0.1, 0.15) is 48.7 Å². The van der Waals surface area contributed by atoms with Crippen LogP contribution in [0.15, 0.2) is 18.2 Å². The van der Waals surface area contributed by atoms with E-state index < -0.39 is 0 Å². The van der Waals surface area contributed by atoms with Gasteiger partial charge in [-0.2, -0.15) is 4.98 Å². The summed E-state index contributed by atoms with van der Waals surface area (Å²) in [6, 6.07) is 5.29. The van der Waals surface area contributed by atoms with Crippen molar-refractivity contribution in [3.05, 3.63) is 45.3 Å². The number of H-pyrrole nitrogens is 1. The van der Waals surface area contributed by atoms with Crippen molar-refractivity contribution >= 4 is 57.6 Å². The third-order valence-electron chi connectivity index (χ3n) is 5.04. The average molecular weight is 545 g/mol. The highest BCUT2D eigenvalue weighted by atomic mass is 127. The zero-order valence-electron chi connectivity index (χ0n) is 16.6. The molecule has 0 bridgehead atoms. The van der Waals surface area contributed by atoms with Gasteiger partial charge in [-0.25, -0.2) is 9.97 Å². The van der Waals surface area contributed by atoms with Crippen LogP contribution in [0, 0.1) is 13.8 Å². The molecule has 1 aliphatic carbocycles. The van der Waals surface area contributed by atoms with Gasteiger partial charge in [-0.3, -0.25) is 5.10 Å². The molecule has 1 aliphatic rings. The molecule has 3 aromatic rings. The molecule has 1 fully saturated rings. The molecule has 154 valence electrons. The van der Waals surface area contributed by atoms with Crippen molar-refractivity contribution in [3.63, 3.8) is 0 Å². The largest absolute Gasteiger partial charge is 0.307 e. The van der Waals surface area contributed by atoms with E-state index in [4.69, 9.17) is 23.2 Å². The number of hydrogen-bond acceptors (Lipinski definition) is 5. The van der Waals surface area contributed by atoms with Crippen LogP contribution in [0.5, 0.6) is 0 Å². The van der Waals surface area contributed by atoms with E-state index in [2.05, 4.69) is 53.1 Å². The summed E-state index contributed by atoms with van der Waals surface area (Å²) < 4.78 is 0. The summed E-state index contributed by atoms with van der Waals surface area (Å²) in [5.41, 5.74) is 2.53. The van der Waals surface area contributed by atoms with Crippen LogP contribution in [-0.4, -0.2) is 30.1 Å². The highest BCUT2D eigenvalue weighted by Gasteiger charge is 2.21. The third-order valence-corrected chi connectivity index (χ3v) is 5.58. The van der Waals surface area contributed by atoms with Gasteiger partial charge in [0.1, 0.15) is 11.6 Å². The number of aromatic amines is 1. The molecule has 2 N–H and O–H groups in total. The lowest BCUT2D eigenvalue weighted by Crippen LogP contribution is -2.04. The summed E-state index contributed by atoms with van der Waals surface area (Å²) in [5.74, 6) is 3.14. The average Bonchev–Trinajstić information content (AvgIpc) is 3.39. The predicted molar refractivity (Wildman–Crippen MR) is 128 cm³/mol. The van der Waals surface area contributed by atoms with Crippen molar-refractivity contribution in [2.24, 2.45) is 0 Å². The molecule has 2 heterocycles. The van der Waals surface area contributed by atoms with Gasteiger partial charge in [-0.1, -0.05) is 58.6 Å². The number of aromatic nitrogens is 5. The number of rotatable bonds is 4. The second-order valence-electron chi connectivity index (χ2n) is 6.88. The van der Waals surface area contributed by atoms with Gasteiger partial charge in [0.15, 0.2) is 5.82 Å². The second-order valence-corrected chi connectivity index (χ2v) is 7.72. The minimum Gasteiger partial charge on any atom is -0.307 e. The molecule has 0 aliphatic heterocycles. The van der Waals surface area contributed by atoms with Crippen LogP contribution >= 0.6 is 45.8 Å². The molecule has 0 spiro atoms. The normalized spacial score (nSPS) is 13.9. The molecule has 29 heavy (non-hydrogen) atoms. The lowest BCUT2D eigenvalue weighted by molar-refractivity contribution is 0.672. The van der Waals surface area contributed by atoms with E-state index >= 15 is 0 Å². The Morgan fingerprint density at radius 3 is 2.48 bits per heavy atom. The lowest BCUT2D eigenvalue weighted by Gasteiger charge is -2.11. The summed E-state index contributed by atoms with van der Waals surface area (Å²) in [5, 5.41) is 11.7. The van der Waals surface area contributed by atoms with Crippen LogP contribution in [0.25, 0.3) is 11.4 Å². The standard InChI is InChI=1S/C19H20Cl2N6.CH3I/c1-10-11(2)22-18(14-8-7-13(20)9-15(14)21)23-16(10)24-19-25-17(26-27-19)12-5-3-4-6-12;1-2/h7-9,12H,3-6H2,1-2H3,(H2,22,23,24,25,26,27);1H3. The van der Waals surface area contributed by atoms with E-state index in [1.54, 1.807) is 12.1 Å². The van der Waals surface area contributed by atoms with E-state index in [0.717, 1.165) is 22.6 Å². The molecule has 1 aromatic carbocycles. The van der Waals surface area contributed by atoms with Gasteiger partial charge in [-0.05, 0) is 49.8 Å². The van der Waals surface area contributed by atoms with Crippen molar-refractivity contribution in [3.8, 4) is 11.4 Å². The van der Waals surface area contributed by atoms with E-state index in [-0.39, 0.29) is 0 Å². The maximum Gasteiger partial charge on any atom is 0.247 e. The highest BCUT2D eigenvalue weighted by Crippen LogP contribution is 2.33. The lowest BCUT2D eigenvalue weighted by atomic mass is 10.1. The molecule has 4 rings (SSSR count). The molecular formula is C20H23Cl2IN6. The molecule has 6 nitrogen and oxygen atoms in total. The first-order chi connectivity index (χ1) is 14.0. The predicted octanol–water partition coefficient (Wildman–Crippen LogP) is 6.64.